The first-order valence-corrected chi connectivity index (χ1v) is 10.2. The molecule has 0 radical (unpaired) electrons. The molecule has 0 aliphatic heterocycles. The molecule has 1 aliphatic carbocycles. The average molecular weight is 445 g/mol. The molecule has 0 aromatic heterocycles. The van der Waals surface area contributed by atoms with Crippen molar-refractivity contribution in [1.82, 2.24) is 5.32 Å². The van der Waals surface area contributed by atoms with Gasteiger partial charge >= 0.3 is 5.97 Å². The van der Waals surface area contributed by atoms with Gasteiger partial charge in [0.1, 0.15) is 11.6 Å². The molecule has 6 nitrogen and oxygen atoms in total. The fourth-order valence-corrected chi connectivity index (χ4v) is 3.84. The quantitative estimate of drug-likeness (QED) is 0.491. The van der Waals surface area contributed by atoms with E-state index in [-0.39, 0.29) is 18.1 Å². The van der Waals surface area contributed by atoms with E-state index in [1.54, 1.807) is 31.2 Å². The van der Waals surface area contributed by atoms with Crippen LogP contribution in [0.25, 0.3) is 0 Å². The van der Waals surface area contributed by atoms with E-state index in [2.05, 4.69) is 5.32 Å². The molecule has 0 unspecified atom stereocenters. The minimum atomic E-state index is -0.808. The molecule has 3 rings (SSSR count). The Bertz CT molecular complexity index is 1020. The standard InChI is InChI=1S/C24H25F2NO5/c1-4-32-24(29)22(15-6-10-20(30-2)21(12-15)31-3)14-5-8-17(11-14)27-23(28)18-13-16(25)7-9-19(18)26/h5-10,12-14,17,22H,4,11H2,1-3H3,(H,27,28)/t14-,17-,22-/m0/s1. The first-order valence-electron chi connectivity index (χ1n) is 10.2. The molecule has 0 fully saturated rings. The van der Waals surface area contributed by atoms with Crippen molar-refractivity contribution in [2.45, 2.75) is 25.3 Å². The number of halogens is 2. The van der Waals surface area contributed by atoms with Gasteiger partial charge in [-0.3, -0.25) is 9.59 Å². The summed E-state index contributed by atoms with van der Waals surface area (Å²) < 4.78 is 43.3. The summed E-state index contributed by atoms with van der Waals surface area (Å²) in [5, 5.41) is 2.68. The second-order valence-corrected chi connectivity index (χ2v) is 7.33. The van der Waals surface area contributed by atoms with Crippen molar-refractivity contribution >= 4 is 11.9 Å². The highest BCUT2D eigenvalue weighted by Crippen LogP contribution is 2.38. The summed E-state index contributed by atoms with van der Waals surface area (Å²) in [7, 11) is 3.03. The van der Waals surface area contributed by atoms with E-state index < -0.39 is 35.5 Å². The minimum absolute atomic E-state index is 0.220. The van der Waals surface area contributed by atoms with Crippen molar-refractivity contribution in [3.63, 3.8) is 0 Å². The van der Waals surface area contributed by atoms with Gasteiger partial charge in [0.25, 0.3) is 5.91 Å². The van der Waals surface area contributed by atoms with E-state index in [1.807, 2.05) is 6.08 Å². The van der Waals surface area contributed by atoms with Gasteiger partial charge in [0.15, 0.2) is 11.5 Å². The van der Waals surface area contributed by atoms with Crippen LogP contribution in [0.1, 0.15) is 35.2 Å². The van der Waals surface area contributed by atoms with Crippen LogP contribution < -0.4 is 14.8 Å². The summed E-state index contributed by atoms with van der Waals surface area (Å²) in [5.74, 6) is -2.55. The summed E-state index contributed by atoms with van der Waals surface area (Å²) >= 11 is 0. The van der Waals surface area contributed by atoms with Gasteiger partial charge in [0.2, 0.25) is 0 Å². The van der Waals surface area contributed by atoms with Gasteiger partial charge in [-0.1, -0.05) is 18.2 Å². The summed E-state index contributed by atoms with van der Waals surface area (Å²) in [5.41, 5.74) is 0.308. The van der Waals surface area contributed by atoms with Crippen molar-refractivity contribution < 1.29 is 32.6 Å². The largest absolute Gasteiger partial charge is 0.493 e. The van der Waals surface area contributed by atoms with Crippen LogP contribution in [0.2, 0.25) is 0 Å². The van der Waals surface area contributed by atoms with Crippen LogP contribution in [-0.4, -0.2) is 38.7 Å². The molecule has 3 atom stereocenters. The Kier molecular flexibility index (Phi) is 7.45. The number of rotatable bonds is 8. The van der Waals surface area contributed by atoms with Crippen LogP contribution in [0, 0.1) is 17.6 Å². The van der Waals surface area contributed by atoms with Gasteiger partial charge in [-0.25, -0.2) is 8.78 Å². The summed E-state index contributed by atoms with van der Waals surface area (Å²) in [4.78, 5) is 25.2. The van der Waals surface area contributed by atoms with Crippen LogP contribution in [0.4, 0.5) is 8.78 Å². The Morgan fingerprint density at radius 2 is 1.81 bits per heavy atom. The average Bonchev–Trinajstić information content (AvgIpc) is 3.23. The number of allylic oxidation sites excluding steroid dienone is 1. The maximum Gasteiger partial charge on any atom is 0.314 e. The maximum absolute atomic E-state index is 13.9. The van der Waals surface area contributed by atoms with Gasteiger partial charge in [-0.15, -0.1) is 0 Å². The predicted molar refractivity (Wildman–Crippen MR) is 114 cm³/mol. The SMILES string of the molecule is CCOC(=O)[C@H](c1ccc(OC)c(OC)c1)[C@H]1C=C[C@H](NC(=O)c2cc(F)ccc2F)C1. The molecule has 0 saturated heterocycles. The van der Waals surface area contributed by atoms with Crippen molar-refractivity contribution in [3.05, 3.63) is 71.3 Å². The molecular formula is C24H25F2NO5. The van der Waals surface area contributed by atoms with Gasteiger partial charge in [-0.05, 0) is 55.2 Å². The Hall–Kier alpha value is -3.42. The zero-order valence-electron chi connectivity index (χ0n) is 18.1. The highest BCUT2D eigenvalue weighted by atomic mass is 19.1. The monoisotopic (exact) mass is 445 g/mol. The fraction of sp³-hybridized carbons (Fsp3) is 0.333. The second kappa shape index (κ2) is 10.3. The first kappa shape index (κ1) is 23.2. The molecule has 1 amide bonds. The minimum Gasteiger partial charge on any atom is -0.493 e. The number of carbonyl (C=O) groups is 2. The lowest BCUT2D eigenvalue weighted by Gasteiger charge is -2.23. The van der Waals surface area contributed by atoms with Gasteiger partial charge in [0.05, 0.1) is 32.3 Å². The summed E-state index contributed by atoms with van der Waals surface area (Å²) in [6.45, 7) is 1.95. The molecule has 1 N–H and O–H groups in total. The van der Waals surface area contributed by atoms with Crippen molar-refractivity contribution in [1.29, 1.82) is 0 Å². The van der Waals surface area contributed by atoms with Gasteiger partial charge in [-0.2, -0.15) is 0 Å². The zero-order chi connectivity index (χ0) is 23.3. The summed E-state index contributed by atoms with van der Waals surface area (Å²) in [6.07, 6.45) is 3.96. The van der Waals surface area contributed by atoms with Crippen molar-refractivity contribution in [3.8, 4) is 11.5 Å². The number of hydrogen-bond donors (Lipinski definition) is 1. The zero-order valence-corrected chi connectivity index (χ0v) is 18.1. The van der Waals surface area contributed by atoms with E-state index in [0.29, 0.717) is 23.5 Å². The molecule has 0 saturated carbocycles. The highest BCUT2D eigenvalue weighted by Gasteiger charge is 2.35. The summed E-state index contributed by atoms with van der Waals surface area (Å²) in [6, 6.07) is 7.47. The molecule has 1 aliphatic rings. The highest BCUT2D eigenvalue weighted by molar-refractivity contribution is 5.94. The van der Waals surface area contributed by atoms with Crippen LogP contribution in [0.3, 0.4) is 0 Å². The Balaban J connectivity index is 1.79. The number of amides is 1. The maximum atomic E-state index is 13.9. The first-order chi connectivity index (χ1) is 15.4. The number of nitrogens with one attached hydrogen (secondary N) is 1. The smallest absolute Gasteiger partial charge is 0.314 e. The molecule has 32 heavy (non-hydrogen) atoms. The molecule has 2 aromatic rings. The number of methoxy groups -OCH3 is 2. The molecule has 8 heteroatoms. The predicted octanol–water partition coefficient (Wildman–Crippen LogP) is 4.00. The van der Waals surface area contributed by atoms with Gasteiger partial charge < -0.3 is 19.5 Å². The lowest BCUT2D eigenvalue weighted by atomic mass is 9.85. The Morgan fingerprint density at radius 1 is 1.06 bits per heavy atom. The third-order valence-corrected chi connectivity index (χ3v) is 5.34. The fourth-order valence-electron chi connectivity index (χ4n) is 3.84. The molecule has 0 heterocycles. The lowest BCUT2D eigenvalue weighted by molar-refractivity contribution is -0.146. The molecule has 170 valence electrons. The number of esters is 1. The topological polar surface area (TPSA) is 73.9 Å². The number of benzene rings is 2. The molecular weight excluding hydrogens is 420 g/mol. The van der Waals surface area contributed by atoms with Crippen LogP contribution in [0.15, 0.2) is 48.6 Å². The van der Waals surface area contributed by atoms with E-state index >= 15 is 0 Å². The Labute approximate surface area is 185 Å². The third kappa shape index (κ3) is 5.07. The van der Waals surface area contributed by atoms with Crippen molar-refractivity contribution in [2.75, 3.05) is 20.8 Å². The second-order valence-electron chi connectivity index (χ2n) is 7.33. The number of carbonyl (C=O) groups excluding carboxylic acids is 2. The van der Waals surface area contributed by atoms with Gasteiger partial charge in [0, 0.05) is 6.04 Å². The molecule has 0 spiro atoms. The normalized spacial score (nSPS) is 18.2. The molecule has 0 bridgehead atoms. The van der Waals surface area contributed by atoms with Crippen LogP contribution in [-0.2, 0) is 9.53 Å². The van der Waals surface area contributed by atoms with Crippen LogP contribution in [0.5, 0.6) is 11.5 Å². The van der Waals surface area contributed by atoms with Crippen molar-refractivity contribution in [2.24, 2.45) is 5.92 Å². The molecule has 2 aromatic carbocycles. The lowest BCUT2D eigenvalue weighted by Crippen LogP contribution is -2.34. The number of ether oxygens (including phenoxy) is 3. The van der Waals surface area contributed by atoms with E-state index in [4.69, 9.17) is 14.2 Å². The van der Waals surface area contributed by atoms with E-state index in [1.165, 1.54) is 14.2 Å². The van der Waals surface area contributed by atoms with E-state index in [0.717, 1.165) is 18.2 Å². The Morgan fingerprint density at radius 3 is 2.50 bits per heavy atom. The van der Waals surface area contributed by atoms with Crippen LogP contribution >= 0.6 is 0 Å². The van der Waals surface area contributed by atoms with E-state index in [9.17, 15) is 18.4 Å². The number of hydrogen-bond acceptors (Lipinski definition) is 5. The third-order valence-electron chi connectivity index (χ3n) is 5.34.